The van der Waals surface area contributed by atoms with Crippen LogP contribution in [0.4, 0.5) is 0 Å². The van der Waals surface area contributed by atoms with Crippen LogP contribution in [0.2, 0.25) is 0 Å². The molecule has 0 saturated heterocycles. The molecule has 0 bridgehead atoms. The average Bonchev–Trinajstić information content (AvgIpc) is 2.60. The lowest BCUT2D eigenvalue weighted by atomic mass is 10.1. The summed E-state index contributed by atoms with van der Waals surface area (Å²) < 4.78 is 2.23. The molecule has 1 N–H and O–H groups in total. The minimum atomic E-state index is 0.191. The third-order valence-electron chi connectivity index (χ3n) is 2.88. The first-order chi connectivity index (χ1) is 7.74. The average molecular weight is 215 g/mol. The molecule has 84 valence electrons. The van der Waals surface area contributed by atoms with Crippen molar-refractivity contribution >= 4 is 0 Å². The van der Waals surface area contributed by atoms with Gasteiger partial charge in [0.1, 0.15) is 0 Å². The van der Waals surface area contributed by atoms with Gasteiger partial charge in [-0.05, 0) is 44.0 Å². The van der Waals surface area contributed by atoms with E-state index in [1.54, 1.807) is 0 Å². The lowest BCUT2D eigenvalue weighted by molar-refractivity contribution is 0.299. The molecular weight excluding hydrogens is 198 g/mol. The first-order valence-electron chi connectivity index (χ1n) is 5.58. The predicted octanol–water partition coefficient (Wildman–Crippen LogP) is 2.63. The van der Waals surface area contributed by atoms with E-state index in [1.807, 2.05) is 12.1 Å². The highest BCUT2D eigenvalue weighted by Crippen LogP contribution is 2.20. The highest BCUT2D eigenvalue weighted by molar-refractivity contribution is 5.44. The van der Waals surface area contributed by atoms with Gasteiger partial charge in [-0.15, -0.1) is 0 Å². The van der Waals surface area contributed by atoms with Gasteiger partial charge in [0, 0.05) is 23.7 Å². The summed E-state index contributed by atoms with van der Waals surface area (Å²) >= 11 is 0. The molecule has 1 aromatic heterocycles. The van der Waals surface area contributed by atoms with Crippen molar-refractivity contribution < 1.29 is 5.11 Å². The summed E-state index contributed by atoms with van der Waals surface area (Å²) in [5, 5.41) is 9.07. The monoisotopic (exact) mass is 215 g/mol. The van der Waals surface area contributed by atoms with Crippen LogP contribution in [0.3, 0.4) is 0 Å². The van der Waals surface area contributed by atoms with Crippen molar-refractivity contribution in [2.75, 3.05) is 6.61 Å². The molecule has 0 aliphatic heterocycles. The molecule has 0 aliphatic rings. The van der Waals surface area contributed by atoms with Crippen LogP contribution in [-0.4, -0.2) is 16.3 Å². The van der Waals surface area contributed by atoms with Crippen molar-refractivity contribution in [3.05, 3.63) is 53.3 Å². The minimum Gasteiger partial charge on any atom is -0.396 e. The Kier molecular flexibility index (Phi) is 3.11. The molecule has 1 heterocycles. The second kappa shape index (κ2) is 4.54. The number of hydrogen-bond acceptors (Lipinski definition) is 1. The van der Waals surface area contributed by atoms with E-state index in [4.69, 9.17) is 5.11 Å². The molecule has 2 nitrogen and oxygen atoms in total. The van der Waals surface area contributed by atoms with Crippen LogP contribution in [0.5, 0.6) is 0 Å². The Bertz CT molecular complexity index is 466. The van der Waals surface area contributed by atoms with E-state index >= 15 is 0 Å². The molecule has 0 aliphatic carbocycles. The fourth-order valence-electron chi connectivity index (χ4n) is 2.11. The second-order valence-electron chi connectivity index (χ2n) is 4.05. The summed E-state index contributed by atoms with van der Waals surface area (Å²) in [7, 11) is 0. The van der Waals surface area contributed by atoms with E-state index in [1.165, 1.54) is 22.6 Å². The van der Waals surface area contributed by atoms with Gasteiger partial charge in [0.05, 0.1) is 0 Å². The van der Waals surface area contributed by atoms with Crippen molar-refractivity contribution in [3.63, 3.8) is 0 Å². The zero-order chi connectivity index (χ0) is 11.5. The van der Waals surface area contributed by atoms with Crippen molar-refractivity contribution in [1.29, 1.82) is 0 Å². The number of nitrogens with zero attached hydrogens (tertiary/aromatic N) is 1. The van der Waals surface area contributed by atoms with E-state index in [0.29, 0.717) is 6.42 Å². The molecule has 0 fully saturated rings. The molecular formula is C14H17NO. The highest BCUT2D eigenvalue weighted by Gasteiger charge is 2.07. The summed E-state index contributed by atoms with van der Waals surface area (Å²) in [6.45, 7) is 4.39. The van der Waals surface area contributed by atoms with Crippen LogP contribution in [0, 0.1) is 13.8 Å². The van der Waals surface area contributed by atoms with Crippen molar-refractivity contribution in [2.24, 2.45) is 0 Å². The molecule has 0 amide bonds. The standard InChI is InChI=1S/C14H17NO/c1-11-7-8-12(2)15(11)14-6-4-3-5-13(14)9-10-16/h3-8,16H,9-10H2,1-2H3. The first-order valence-corrected chi connectivity index (χ1v) is 5.58. The lowest BCUT2D eigenvalue weighted by Gasteiger charge is -2.13. The smallest absolute Gasteiger partial charge is 0.0487 e. The summed E-state index contributed by atoms with van der Waals surface area (Å²) in [6, 6.07) is 12.5. The number of rotatable bonds is 3. The third kappa shape index (κ3) is 1.89. The maximum absolute atomic E-state index is 9.07. The quantitative estimate of drug-likeness (QED) is 0.836. The number of aromatic nitrogens is 1. The van der Waals surface area contributed by atoms with Crippen LogP contribution in [0.15, 0.2) is 36.4 Å². The SMILES string of the molecule is Cc1ccc(C)n1-c1ccccc1CCO. The Morgan fingerprint density at radius 3 is 2.25 bits per heavy atom. The normalized spacial score (nSPS) is 10.7. The predicted molar refractivity (Wildman–Crippen MR) is 66.0 cm³/mol. The number of para-hydroxylation sites is 1. The van der Waals surface area contributed by atoms with E-state index in [2.05, 4.69) is 42.7 Å². The molecule has 2 heteroatoms. The first kappa shape index (κ1) is 11.0. The van der Waals surface area contributed by atoms with Crippen LogP contribution < -0.4 is 0 Å². The van der Waals surface area contributed by atoms with Gasteiger partial charge in [-0.3, -0.25) is 0 Å². The lowest BCUT2D eigenvalue weighted by Crippen LogP contribution is -2.04. The zero-order valence-corrected chi connectivity index (χ0v) is 9.77. The van der Waals surface area contributed by atoms with Gasteiger partial charge in [-0.25, -0.2) is 0 Å². The Hall–Kier alpha value is -1.54. The summed E-state index contributed by atoms with van der Waals surface area (Å²) in [5.41, 5.74) is 4.81. The summed E-state index contributed by atoms with van der Waals surface area (Å²) in [4.78, 5) is 0. The maximum atomic E-state index is 9.07. The Morgan fingerprint density at radius 2 is 1.62 bits per heavy atom. The second-order valence-corrected chi connectivity index (χ2v) is 4.05. The highest BCUT2D eigenvalue weighted by atomic mass is 16.2. The van der Waals surface area contributed by atoms with Crippen molar-refractivity contribution in [1.82, 2.24) is 4.57 Å². The van der Waals surface area contributed by atoms with Gasteiger partial charge in [0.2, 0.25) is 0 Å². The minimum absolute atomic E-state index is 0.191. The van der Waals surface area contributed by atoms with Gasteiger partial charge < -0.3 is 9.67 Å². The molecule has 2 rings (SSSR count). The molecule has 0 atom stereocenters. The number of aryl methyl sites for hydroxylation is 2. The van der Waals surface area contributed by atoms with Gasteiger partial charge in [-0.1, -0.05) is 18.2 Å². The van der Waals surface area contributed by atoms with E-state index in [-0.39, 0.29) is 6.61 Å². The molecule has 0 radical (unpaired) electrons. The van der Waals surface area contributed by atoms with Crippen molar-refractivity contribution in [2.45, 2.75) is 20.3 Å². The van der Waals surface area contributed by atoms with Crippen LogP contribution in [0.1, 0.15) is 17.0 Å². The Labute approximate surface area is 96.2 Å². The van der Waals surface area contributed by atoms with Crippen LogP contribution >= 0.6 is 0 Å². The Morgan fingerprint density at radius 1 is 1.00 bits per heavy atom. The van der Waals surface area contributed by atoms with Crippen LogP contribution in [-0.2, 0) is 6.42 Å². The molecule has 1 aromatic carbocycles. The van der Waals surface area contributed by atoms with Crippen LogP contribution in [0.25, 0.3) is 5.69 Å². The topological polar surface area (TPSA) is 25.2 Å². The molecule has 0 unspecified atom stereocenters. The largest absolute Gasteiger partial charge is 0.396 e. The maximum Gasteiger partial charge on any atom is 0.0487 e. The summed E-state index contributed by atoms with van der Waals surface area (Å²) in [6.07, 6.45) is 0.702. The number of hydrogen-bond donors (Lipinski definition) is 1. The molecule has 16 heavy (non-hydrogen) atoms. The fraction of sp³-hybridized carbons (Fsp3) is 0.286. The van der Waals surface area contributed by atoms with Gasteiger partial charge in [0.15, 0.2) is 0 Å². The third-order valence-corrected chi connectivity index (χ3v) is 2.88. The number of aliphatic hydroxyl groups excluding tert-OH is 1. The van der Waals surface area contributed by atoms with Gasteiger partial charge in [0.25, 0.3) is 0 Å². The number of benzene rings is 1. The van der Waals surface area contributed by atoms with Gasteiger partial charge >= 0.3 is 0 Å². The molecule has 2 aromatic rings. The fourth-order valence-corrected chi connectivity index (χ4v) is 2.11. The van der Waals surface area contributed by atoms with E-state index in [9.17, 15) is 0 Å². The van der Waals surface area contributed by atoms with E-state index in [0.717, 1.165) is 0 Å². The summed E-state index contributed by atoms with van der Waals surface area (Å²) in [5.74, 6) is 0. The number of aliphatic hydroxyl groups is 1. The molecule has 0 saturated carbocycles. The molecule has 0 spiro atoms. The Balaban J connectivity index is 2.55. The zero-order valence-electron chi connectivity index (χ0n) is 9.77. The van der Waals surface area contributed by atoms with Gasteiger partial charge in [-0.2, -0.15) is 0 Å². The van der Waals surface area contributed by atoms with Crippen molar-refractivity contribution in [3.8, 4) is 5.69 Å². The van der Waals surface area contributed by atoms with E-state index < -0.39 is 0 Å².